The normalized spacial score (nSPS) is 29.1. The van der Waals surface area contributed by atoms with Gasteiger partial charge in [-0.25, -0.2) is 4.79 Å². The maximum Gasteiger partial charge on any atom is 0.410 e. The maximum absolute atomic E-state index is 12.3. The molecule has 1 atom stereocenters. The van der Waals surface area contributed by atoms with Crippen LogP contribution in [-0.4, -0.2) is 41.8 Å². The Labute approximate surface area is 142 Å². The zero-order valence-electron chi connectivity index (χ0n) is 15.7. The highest BCUT2D eigenvalue weighted by molar-refractivity contribution is 5.69. The average molecular weight is 325 g/mol. The van der Waals surface area contributed by atoms with Gasteiger partial charge in [0.2, 0.25) is 0 Å². The summed E-state index contributed by atoms with van der Waals surface area (Å²) in [6.45, 7) is 12.2. The highest BCUT2D eigenvalue weighted by Gasteiger charge is 2.32. The van der Waals surface area contributed by atoms with Crippen molar-refractivity contribution in [1.82, 2.24) is 10.2 Å². The van der Waals surface area contributed by atoms with E-state index in [1.165, 1.54) is 25.7 Å². The van der Waals surface area contributed by atoms with E-state index in [-0.39, 0.29) is 6.09 Å². The molecule has 2 rings (SSSR count). The van der Waals surface area contributed by atoms with Gasteiger partial charge in [-0.15, -0.1) is 0 Å². The number of nitrogens with zero attached hydrogens (tertiary/aromatic N) is 1. The van der Waals surface area contributed by atoms with Gasteiger partial charge in [-0.2, -0.15) is 0 Å². The van der Waals surface area contributed by atoms with Gasteiger partial charge >= 0.3 is 6.09 Å². The molecular formula is C19H36N2O2. The summed E-state index contributed by atoms with van der Waals surface area (Å²) in [6.07, 6.45) is 7.28. The van der Waals surface area contributed by atoms with Crippen molar-refractivity contribution in [3.63, 3.8) is 0 Å². The second kappa shape index (κ2) is 7.87. The molecule has 4 nitrogen and oxygen atoms in total. The van der Waals surface area contributed by atoms with E-state index in [0.29, 0.717) is 12.1 Å². The van der Waals surface area contributed by atoms with Crippen LogP contribution >= 0.6 is 0 Å². The summed E-state index contributed by atoms with van der Waals surface area (Å²) in [6, 6.07) is 0.929. The van der Waals surface area contributed by atoms with Crippen LogP contribution in [0.3, 0.4) is 0 Å². The lowest BCUT2D eigenvalue weighted by molar-refractivity contribution is 0.0223. The van der Waals surface area contributed by atoms with Crippen LogP contribution in [0.25, 0.3) is 0 Å². The van der Waals surface area contributed by atoms with Crippen molar-refractivity contribution < 1.29 is 9.53 Å². The molecule has 1 saturated carbocycles. The van der Waals surface area contributed by atoms with Gasteiger partial charge in [-0.1, -0.05) is 13.8 Å². The molecule has 4 heteroatoms. The summed E-state index contributed by atoms with van der Waals surface area (Å²) in [5.74, 6) is 1.71. The van der Waals surface area contributed by atoms with E-state index < -0.39 is 5.60 Å². The molecule has 1 N–H and O–H groups in total. The summed E-state index contributed by atoms with van der Waals surface area (Å²) in [4.78, 5) is 14.2. The zero-order valence-corrected chi connectivity index (χ0v) is 15.7. The largest absolute Gasteiger partial charge is 0.444 e. The molecule has 0 radical (unpaired) electrons. The lowest BCUT2D eigenvalue weighted by atomic mass is 9.79. The third-order valence-corrected chi connectivity index (χ3v) is 5.36. The van der Waals surface area contributed by atoms with Gasteiger partial charge < -0.3 is 15.0 Å². The smallest absolute Gasteiger partial charge is 0.410 e. The molecular weight excluding hydrogens is 288 g/mol. The minimum absolute atomic E-state index is 0.148. The fraction of sp³-hybridized carbons (Fsp3) is 0.947. The van der Waals surface area contributed by atoms with Crippen LogP contribution in [0.15, 0.2) is 0 Å². The standard InChI is InChI=1S/C19H36N2O2/c1-14(2)15-8-10-16(11-9-15)20-13-17-7-6-12-21(17)18(22)23-19(3,4)5/h14-17,20H,6-13H2,1-5H3/t15?,16?,17-/m1/s1. The first-order valence-corrected chi connectivity index (χ1v) is 9.49. The highest BCUT2D eigenvalue weighted by atomic mass is 16.6. The van der Waals surface area contributed by atoms with Gasteiger partial charge in [0.1, 0.15) is 5.60 Å². The van der Waals surface area contributed by atoms with Crippen molar-refractivity contribution in [2.45, 2.75) is 90.8 Å². The third-order valence-electron chi connectivity index (χ3n) is 5.36. The van der Waals surface area contributed by atoms with Crippen molar-refractivity contribution in [1.29, 1.82) is 0 Å². The minimum Gasteiger partial charge on any atom is -0.444 e. The van der Waals surface area contributed by atoms with E-state index >= 15 is 0 Å². The van der Waals surface area contributed by atoms with Crippen molar-refractivity contribution in [3.8, 4) is 0 Å². The molecule has 0 aromatic rings. The number of hydrogen-bond acceptors (Lipinski definition) is 3. The summed E-state index contributed by atoms with van der Waals surface area (Å²) in [7, 11) is 0. The highest BCUT2D eigenvalue weighted by Crippen LogP contribution is 2.30. The first-order valence-electron chi connectivity index (χ1n) is 9.49. The summed E-state index contributed by atoms with van der Waals surface area (Å²) < 4.78 is 5.54. The van der Waals surface area contributed by atoms with Crippen LogP contribution in [0.5, 0.6) is 0 Å². The quantitative estimate of drug-likeness (QED) is 0.843. The van der Waals surface area contributed by atoms with E-state index in [1.54, 1.807) is 0 Å². The number of nitrogens with one attached hydrogen (secondary N) is 1. The molecule has 1 heterocycles. The number of amides is 1. The zero-order chi connectivity index (χ0) is 17.0. The molecule has 0 spiro atoms. The Hall–Kier alpha value is -0.770. The molecule has 1 aliphatic heterocycles. The Bertz CT molecular complexity index is 381. The van der Waals surface area contributed by atoms with Gasteiger partial charge in [-0.05, 0) is 71.1 Å². The molecule has 0 aromatic carbocycles. The van der Waals surface area contributed by atoms with Crippen LogP contribution in [0.4, 0.5) is 4.79 Å². The van der Waals surface area contributed by atoms with Crippen LogP contribution in [0.1, 0.15) is 73.1 Å². The molecule has 0 unspecified atom stereocenters. The van der Waals surface area contributed by atoms with Crippen LogP contribution in [0, 0.1) is 11.8 Å². The second-order valence-electron chi connectivity index (χ2n) is 8.73. The average Bonchev–Trinajstić information content (AvgIpc) is 2.92. The Kier molecular flexibility index (Phi) is 6.35. The van der Waals surface area contributed by atoms with Crippen LogP contribution in [-0.2, 0) is 4.74 Å². The lowest BCUT2D eigenvalue weighted by Crippen LogP contribution is -2.46. The fourth-order valence-electron chi connectivity index (χ4n) is 3.90. The molecule has 1 saturated heterocycles. The molecule has 1 aliphatic carbocycles. The minimum atomic E-state index is -0.410. The lowest BCUT2D eigenvalue weighted by Gasteiger charge is -2.33. The van der Waals surface area contributed by atoms with Crippen molar-refractivity contribution in [2.75, 3.05) is 13.1 Å². The fourth-order valence-corrected chi connectivity index (χ4v) is 3.90. The Morgan fingerprint density at radius 1 is 1.17 bits per heavy atom. The van der Waals surface area contributed by atoms with E-state index in [0.717, 1.165) is 37.8 Å². The van der Waals surface area contributed by atoms with E-state index in [4.69, 9.17) is 4.74 Å². The number of rotatable bonds is 4. The van der Waals surface area contributed by atoms with Crippen molar-refractivity contribution in [2.24, 2.45) is 11.8 Å². The molecule has 2 aliphatic rings. The molecule has 0 aromatic heterocycles. The molecule has 134 valence electrons. The Balaban J connectivity index is 1.75. The van der Waals surface area contributed by atoms with Gasteiger partial charge in [0.15, 0.2) is 0 Å². The first kappa shape index (κ1) is 18.6. The van der Waals surface area contributed by atoms with E-state index in [1.807, 2.05) is 25.7 Å². The number of hydrogen-bond donors (Lipinski definition) is 1. The SMILES string of the molecule is CC(C)C1CCC(NC[C@H]2CCCN2C(=O)OC(C)(C)C)CC1. The second-order valence-corrected chi connectivity index (χ2v) is 8.73. The maximum atomic E-state index is 12.3. The number of ether oxygens (including phenoxy) is 1. The summed E-state index contributed by atoms with van der Waals surface area (Å²) in [5.41, 5.74) is -0.410. The molecule has 2 fully saturated rings. The van der Waals surface area contributed by atoms with Gasteiger partial charge in [0.05, 0.1) is 0 Å². The predicted molar refractivity (Wildman–Crippen MR) is 94.5 cm³/mol. The summed E-state index contributed by atoms with van der Waals surface area (Å²) in [5, 5.41) is 3.72. The van der Waals surface area contributed by atoms with Gasteiger partial charge in [0.25, 0.3) is 0 Å². The molecule has 1 amide bonds. The monoisotopic (exact) mass is 324 g/mol. The van der Waals surface area contributed by atoms with Crippen molar-refractivity contribution >= 4 is 6.09 Å². The van der Waals surface area contributed by atoms with E-state index in [9.17, 15) is 4.79 Å². The van der Waals surface area contributed by atoms with Crippen LogP contribution in [0.2, 0.25) is 0 Å². The van der Waals surface area contributed by atoms with Gasteiger partial charge in [0, 0.05) is 25.2 Å². The topological polar surface area (TPSA) is 41.6 Å². The van der Waals surface area contributed by atoms with E-state index in [2.05, 4.69) is 19.2 Å². The first-order chi connectivity index (χ1) is 10.8. The van der Waals surface area contributed by atoms with Crippen LogP contribution < -0.4 is 5.32 Å². The van der Waals surface area contributed by atoms with Gasteiger partial charge in [-0.3, -0.25) is 0 Å². The predicted octanol–water partition coefficient (Wildman–Crippen LogP) is 4.19. The van der Waals surface area contributed by atoms with Crippen molar-refractivity contribution in [3.05, 3.63) is 0 Å². The number of likely N-dealkylation sites (tertiary alicyclic amines) is 1. The number of carbonyl (C=O) groups is 1. The third kappa shape index (κ3) is 5.66. The molecule has 23 heavy (non-hydrogen) atoms. The Morgan fingerprint density at radius 2 is 1.83 bits per heavy atom. The Morgan fingerprint density at radius 3 is 2.39 bits per heavy atom. The molecule has 0 bridgehead atoms. The summed E-state index contributed by atoms with van der Waals surface area (Å²) >= 11 is 0. The number of carbonyl (C=O) groups excluding carboxylic acids is 1.